The van der Waals surface area contributed by atoms with Crippen LogP contribution in [0.15, 0.2) is 0 Å². The minimum Gasteiger partial charge on any atom is -0.378 e. The topological polar surface area (TPSA) is 24.5 Å². The van der Waals surface area contributed by atoms with Gasteiger partial charge in [0.1, 0.15) is 0 Å². The standard InChI is InChI=1S/C14H28N2O/c1-3-8-16(11-12-6-5-7-15-12)13-9-14(10-13)17-4-2/h12-15H,3-11H2,1-2H3. The van der Waals surface area contributed by atoms with Gasteiger partial charge < -0.3 is 10.1 Å². The van der Waals surface area contributed by atoms with Gasteiger partial charge in [-0.05, 0) is 52.1 Å². The Bertz CT molecular complexity index is 210. The summed E-state index contributed by atoms with van der Waals surface area (Å²) < 4.78 is 5.66. The Hall–Kier alpha value is -0.120. The molecule has 0 amide bonds. The minimum atomic E-state index is 0.542. The fourth-order valence-electron chi connectivity index (χ4n) is 3.11. The van der Waals surface area contributed by atoms with Gasteiger partial charge in [-0.15, -0.1) is 0 Å². The Morgan fingerprint density at radius 3 is 2.71 bits per heavy atom. The van der Waals surface area contributed by atoms with Crippen LogP contribution >= 0.6 is 0 Å². The minimum absolute atomic E-state index is 0.542. The molecule has 1 aliphatic heterocycles. The predicted molar refractivity (Wildman–Crippen MR) is 71.3 cm³/mol. The molecule has 3 heteroatoms. The van der Waals surface area contributed by atoms with Crippen molar-refractivity contribution in [1.29, 1.82) is 0 Å². The summed E-state index contributed by atoms with van der Waals surface area (Å²) in [5.41, 5.74) is 0. The van der Waals surface area contributed by atoms with E-state index in [1.807, 2.05) is 0 Å². The van der Waals surface area contributed by atoms with Crippen molar-refractivity contribution in [3.05, 3.63) is 0 Å². The van der Waals surface area contributed by atoms with Crippen LogP contribution in [0.1, 0.15) is 46.0 Å². The van der Waals surface area contributed by atoms with E-state index in [0.717, 1.165) is 18.7 Å². The molecule has 1 heterocycles. The van der Waals surface area contributed by atoms with Crippen molar-refractivity contribution in [2.24, 2.45) is 0 Å². The molecule has 0 radical (unpaired) electrons. The fourth-order valence-corrected chi connectivity index (χ4v) is 3.11. The molecule has 1 atom stereocenters. The van der Waals surface area contributed by atoms with Crippen molar-refractivity contribution in [3.8, 4) is 0 Å². The Morgan fingerprint density at radius 2 is 2.12 bits per heavy atom. The maximum atomic E-state index is 5.66. The van der Waals surface area contributed by atoms with Crippen LogP contribution in [0.5, 0.6) is 0 Å². The largest absolute Gasteiger partial charge is 0.378 e. The third-order valence-electron chi connectivity index (χ3n) is 4.12. The molecule has 3 nitrogen and oxygen atoms in total. The fraction of sp³-hybridized carbons (Fsp3) is 1.00. The summed E-state index contributed by atoms with van der Waals surface area (Å²) in [7, 11) is 0. The molecule has 0 aromatic heterocycles. The van der Waals surface area contributed by atoms with Crippen LogP contribution in [0.2, 0.25) is 0 Å². The summed E-state index contributed by atoms with van der Waals surface area (Å²) >= 11 is 0. The first-order valence-electron chi connectivity index (χ1n) is 7.42. The van der Waals surface area contributed by atoms with Gasteiger partial charge in [-0.2, -0.15) is 0 Å². The quantitative estimate of drug-likeness (QED) is 0.737. The molecular weight excluding hydrogens is 212 g/mol. The van der Waals surface area contributed by atoms with Gasteiger partial charge in [0, 0.05) is 25.2 Å². The highest BCUT2D eigenvalue weighted by atomic mass is 16.5. The number of rotatable bonds is 7. The summed E-state index contributed by atoms with van der Waals surface area (Å²) in [4.78, 5) is 2.69. The van der Waals surface area contributed by atoms with E-state index in [1.54, 1.807) is 0 Å². The Kier molecular flexibility index (Phi) is 5.26. The van der Waals surface area contributed by atoms with Crippen molar-refractivity contribution >= 4 is 0 Å². The van der Waals surface area contributed by atoms with Gasteiger partial charge in [0.2, 0.25) is 0 Å². The van der Waals surface area contributed by atoms with Gasteiger partial charge in [0.15, 0.2) is 0 Å². The van der Waals surface area contributed by atoms with Crippen LogP contribution < -0.4 is 5.32 Å². The SMILES string of the molecule is CCCN(CC1CCCN1)C1CC(OCC)C1. The zero-order valence-electron chi connectivity index (χ0n) is 11.5. The highest BCUT2D eigenvalue weighted by Crippen LogP contribution is 2.29. The molecule has 100 valence electrons. The molecule has 0 spiro atoms. The van der Waals surface area contributed by atoms with E-state index in [2.05, 4.69) is 24.1 Å². The van der Waals surface area contributed by atoms with E-state index in [-0.39, 0.29) is 0 Å². The van der Waals surface area contributed by atoms with Crippen molar-refractivity contribution in [2.45, 2.75) is 64.1 Å². The van der Waals surface area contributed by atoms with Gasteiger partial charge in [-0.25, -0.2) is 0 Å². The smallest absolute Gasteiger partial charge is 0.0604 e. The molecule has 1 saturated heterocycles. The van der Waals surface area contributed by atoms with Crippen LogP contribution in [0, 0.1) is 0 Å². The zero-order chi connectivity index (χ0) is 12.1. The first kappa shape index (κ1) is 13.3. The normalized spacial score (nSPS) is 33.0. The van der Waals surface area contributed by atoms with Gasteiger partial charge in [-0.1, -0.05) is 6.92 Å². The first-order valence-corrected chi connectivity index (χ1v) is 7.42. The monoisotopic (exact) mass is 240 g/mol. The number of hydrogen-bond acceptors (Lipinski definition) is 3. The second-order valence-electron chi connectivity index (χ2n) is 5.49. The molecular formula is C14H28N2O. The van der Waals surface area contributed by atoms with Crippen LogP contribution in [0.3, 0.4) is 0 Å². The lowest BCUT2D eigenvalue weighted by molar-refractivity contribution is -0.0479. The Morgan fingerprint density at radius 1 is 1.29 bits per heavy atom. The van der Waals surface area contributed by atoms with E-state index in [0.29, 0.717) is 6.10 Å². The molecule has 1 unspecified atom stereocenters. The summed E-state index contributed by atoms with van der Waals surface area (Å²) in [6.45, 7) is 8.97. The number of ether oxygens (including phenoxy) is 1. The molecule has 17 heavy (non-hydrogen) atoms. The Labute approximate surface area is 106 Å². The van der Waals surface area contributed by atoms with Crippen molar-refractivity contribution < 1.29 is 4.74 Å². The average Bonchev–Trinajstić information content (AvgIpc) is 2.75. The predicted octanol–water partition coefficient (Wildman–Crippen LogP) is 2.02. The van der Waals surface area contributed by atoms with Crippen LogP contribution in [-0.4, -0.2) is 49.3 Å². The maximum absolute atomic E-state index is 5.66. The van der Waals surface area contributed by atoms with Crippen LogP contribution in [-0.2, 0) is 4.74 Å². The average molecular weight is 240 g/mol. The van der Waals surface area contributed by atoms with Crippen molar-refractivity contribution in [1.82, 2.24) is 10.2 Å². The molecule has 0 bridgehead atoms. The second kappa shape index (κ2) is 6.72. The van der Waals surface area contributed by atoms with Crippen molar-refractivity contribution in [3.63, 3.8) is 0 Å². The first-order chi connectivity index (χ1) is 8.33. The summed E-state index contributed by atoms with van der Waals surface area (Å²) in [6.07, 6.45) is 7.03. The third kappa shape index (κ3) is 3.67. The molecule has 2 rings (SSSR count). The van der Waals surface area contributed by atoms with Gasteiger partial charge in [0.05, 0.1) is 6.10 Å². The molecule has 2 aliphatic rings. The lowest BCUT2D eigenvalue weighted by atomic mass is 9.87. The molecule has 2 fully saturated rings. The summed E-state index contributed by atoms with van der Waals surface area (Å²) in [5.74, 6) is 0. The summed E-state index contributed by atoms with van der Waals surface area (Å²) in [5, 5.41) is 3.61. The van der Waals surface area contributed by atoms with Crippen molar-refractivity contribution in [2.75, 3.05) is 26.2 Å². The van der Waals surface area contributed by atoms with Gasteiger partial charge in [-0.3, -0.25) is 4.90 Å². The van der Waals surface area contributed by atoms with Gasteiger partial charge in [0.25, 0.3) is 0 Å². The molecule has 0 aromatic rings. The van der Waals surface area contributed by atoms with Gasteiger partial charge >= 0.3 is 0 Å². The van der Waals surface area contributed by atoms with E-state index >= 15 is 0 Å². The third-order valence-corrected chi connectivity index (χ3v) is 4.12. The molecule has 0 aromatic carbocycles. The molecule has 1 aliphatic carbocycles. The lowest BCUT2D eigenvalue weighted by Gasteiger charge is -2.43. The van der Waals surface area contributed by atoms with E-state index in [1.165, 1.54) is 51.7 Å². The lowest BCUT2D eigenvalue weighted by Crippen LogP contribution is -2.51. The van der Waals surface area contributed by atoms with E-state index < -0.39 is 0 Å². The Balaban J connectivity index is 1.73. The molecule has 1 saturated carbocycles. The highest BCUT2D eigenvalue weighted by Gasteiger charge is 2.34. The number of hydrogen-bond donors (Lipinski definition) is 1. The summed E-state index contributed by atoms with van der Waals surface area (Å²) in [6, 6.07) is 1.53. The number of nitrogens with zero attached hydrogens (tertiary/aromatic N) is 1. The zero-order valence-corrected chi connectivity index (χ0v) is 11.5. The number of nitrogens with one attached hydrogen (secondary N) is 1. The second-order valence-corrected chi connectivity index (χ2v) is 5.49. The highest BCUT2D eigenvalue weighted by molar-refractivity contribution is 4.90. The van der Waals surface area contributed by atoms with Crippen LogP contribution in [0.25, 0.3) is 0 Å². The molecule has 1 N–H and O–H groups in total. The maximum Gasteiger partial charge on any atom is 0.0604 e. The van der Waals surface area contributed by atoms with E-state index in [9.17, 15) is 0 Å². The van der Waals surface area contributed by atoms with Crippen LogP contribution in [0.4, 0.5) is 0 Å². The van der Waals surface area contributed by atoms with E-state index in [4.69, 9.17) is 4.74 Å².